The summed E-state index contributed by atoms with van der Waals surface area (Å²) in [6.45, 7) is 8.63. The van der Waals surface area contributed by atoms with Crippen LogP contribution in [0.4, 0.5) is 17.1 Å². The maximum Gasteiger partial charge on any atom is 0.248 e. The van der Waals surface area contributed by atoms with Gasteiger partial charge in [-0.05, 0) is 54.9 Å². The van der Waals surface area contributed by atoms with Gasteiger partial charge < -0.3 is 29.7 Å². The van der Waals surface area contributed by atoms with E-state index in [2.05, 4.69) is 66.7 Å². The fraction of sp³-hybridized carbons (Fsp3) is 0.324. The summed E-state index contributed by atoms with van der Waals surface area (Å²) in [5.74, 6) is 0.718. The van der Waals surface area contributed by atoms with Crippen LogP contribution < -0.4 is 20.1 Å². The van der Waals surface area contributed by atoms with Gasteiger partial charge in [-0.25, -0.2) is 0 Å². The smallest absolute Gasteiger partial charge is 0.248 e. The van der Waals surface area contributed by atoms with Crippen molar-refractivity contribution in [1.82, 2.24) is 9.88 Å². The molecule has 9 nitrogen and oxygen atoms in total. The van der Waals surface area contributed by atoms with Crippen LogP contribution in [0.3, 0.4) is 0 Å². The quantitative estimate of drug-likeness (QED) is 0.159. The van der Waals surface area contributed by atoms with E-state index in [0.29, 0.717) is 76.4 Å². The zero-order chi connectivity index (χ0) is 33.6. The summed E-state index contributed by atoms with van der Waals surface area (Å²) < 4.78 is 17.8. The second-order valence-corrected chi connectivity index (χ2v) is 13.2. The van der Waals surface area contributed by atoms with E-state index in [1.54, 1.807) is 30.3 Å². The Morgan fingerprint density at radius 3 is 2.60 bits per heavy atom. The average Bonchev–Trinajstić information content (AvgIpc) is 3.54. The first-order valence-electron chi connectivity index (χ1n) is 15.5. The third kappa shape index (κ3) is 8.80. The Balaban J connectivity index is 1.41. The van der Waals surface area contributed by atoms with E-state index in [4.69, 9.17) is 25.8 Å². The standard InChI is InChI=1S/C37H40ClN5O4/c1-37(2,3)26-10-8-24(9-11-26)22-46-33-13-12-27(17-30(33)38)41-36-25(20-39)21-40-31-19-34(47-28-14-16-45-23-28)32(18-29(31)36)42-35(44)7-6-15-43(4)5/h6-13,17-19,21,28H,14-16,22-23H2,1-5H3,(H,40,41)(H,42,44)/t28-/m0/s1. The molecule has 2 N–H and O–H groups in total. The van der Waals surface area contributed by atoms with Gasteiger partial charge >= 0.3 is 0 Å². The van der Waals surface area contributed by atoms with E-state index in [9.17, 15) is 10.1 Å². The number of nitrogens with zero attached hydrogens (tertiary/aromatic N) is 3. The van der Waals surface area contributed by atoms with Crippen LogP contribution >= 0.6 is 11.6 Å². The van der Waals surface area contributed by atoms with Crippen molar-refractivity contribution in [2.45, 2.75) is 45.3 Å². The van der Waals surface area contributed by atoms with Crippen molar-refractivity contribution in [1.29, 1.82) is 5.26 Å². The second-order valence-electron chi connectivity index (χ2n) is 12.8. The molecule has 1 fully saturated rings. The van der Waals surface area contributed by atoms with Gasteiger partial charge in [0.2, 0.25) is 5.91 Å². The number of nitriles is 1. The molecule has 0 spiro atoms. The number of rotatable bonds is 11. The SMILES string of the molecule is CN(C)CC=CC(=O)Nc1cc2c(Nc3ccc(OCc4ccc(C(C)(C)C)cc4)c(Cl)c3)c(C#N)cnc2cc1O[C@H]1CCOC1. The van der Waals surface area contributed by atoms with Gasteiger partial charge in [0, 0.05) is 42.4 Å². The van der Waals surface area contributed by atoms with E-state index in [1.807, 2.05) is 25.1 Å². The molecule has 1 saturated heterocycles. The van der Waals surface area contributed by atoms with Gasteiger partial charge in [-0.1, -0.05) is 62.7 Å². The monoisotopic (exact) mass is 653 g/mol. The second kappa shape index (κ2) is 14.9. The summed E-state index contributed by atoms with van der Waals surface area (Å²) in [4.78, 5) is 19.4. The Kier molecular flexibility index (Phi) is 10.7. The van der Waals surface area contributed by atoms with Crippen LogP contribution in [-0.2, 0) is 21.6 Å². The molecule has 47 heavy (non-hydrogen) atoms. The Bertz CT molecular complexity index is 1800. The number of halogens is 1. The first kappa shape index (κ1) is 33.7. The molecule has 244 valence electrons. The fourth-order valence-electron chi connectivity index (χ4n) is 5.07. The van der Waals surface area contributed by atoms with Gasteiger partial charge in [-0.2, -0.15) is 5.26 Å². The molecule has 1 aliphatic rings. The molecule has 4 aromatic rings. The number of likely N-dealkylation sites (N-methyl/N-ethyl adjacent to an activating group) is 1. The highest BCUT2D eigenvalue weighted by Gasteiger charge is 2.21. The predicted molar refractivity (Wildman–Crippen MR) is 187 cm³/mol. The summed E-state index contributed by atoms with van der Waals surface area (Å²) >= 11 is 6.66. The topological polar surface area (TPSA) is 109 Å². The highest BCUT2D eigenvalue weighted by atomic mass is 35.5. The molecule has 1 amide bonds. The molecule has 1 aromatic heterocycles. The molecule has 0 saturated carbocycles. The lowest BCUT2D eigenvalue weighted by Crippen LogP contribution is -2.18. The van der Waals surface area contributed by atoms with Crippen LogP contribution in [0.15, 0.2) is 72.9 Å². The van der Waals surface area contributed by atoms with E-state index in [0.717, 1.165) is 12.0 Å². The third-order valence-corrected chi connectivity index (χ3v) is 7.98. The minimum absolute atomic E-state index is 0.0800. The van der Waals surface area contributed by atoms with Gasteiger partial charge in [0.25, 0.3) is 0 Å². The number of hydrogen-bond donors (Lipinski definition) is 2. The van der Waals surface area contributed by atoms with E-state index in [-0.39, 0.29) is 17.4 Å². The number of aromatic nitrogens is 1. The van der Waals surface area contributed by atoms with Crippen molar-refractivity contribution >= 4 is 45.5 Å². The van der Waals surface area contributed by atoms with Gasteiger partial charge in [0.05, 0.1) is 40.7 Å². The summed E-state index contributed by atoms with van der Waals surface area (Å²) in [7, 11) is 3.85. The largest absolute Gasteiger partial charge is 0.487 e. The Labute approximate surface area is 281 Å². The molecule has 0 bridgehead atoms. The summed E-state index contributed by atoms with van der Waals surface area (Å²) in [5.41, 5.74) is 4.93. The molecule has 5 rings (SSSR count). The van der Waals surface area contributed by atoms with Crippen molar-refractivity contribution in [3.8, 4) is 17.6 Å². The van der Waals surface area contributed by atoms with Crippen LogP contribution in [-0.4, -0.2) is 55.7 Å². The summed E-state index contributed by atoms with van der Waals surface area (Å²) in [6, 6.07) is 19.5. The van der Waals surface area contributed by atoms with Crippen molar-refractivity contribution < 1.29 is 19.0 Å². The maximum atomic E-state index is 12.9. The predicted octanol–water partition coefficient (Wildman–Crippen LogP) is 7.60. The van der Waals surface area contributed by atoms with Crippen molar-refractivity contribution in [3.63, 3.8) is 0 Å². The molecule has 10 heteroatoms. The molecular formula is C37H40ClN5O4. The molecule has 2 heterocycles. The van der Waals surface area contributed by atoms with Crippen LogP contribution in [0.25, 0.3) is 10.9 Å². The van der Waals surface area contributed by atoms with Crippen LogP contribution in [0.5, 0.6) is 11.5 Å². The van der Waals surface area contributed by atoms with Crippen molar-refractivity contribution in [2.24, 2.45) is 0 Å². The third-order valence-electron chi connectivity index (χ3n) is 7.68. The summed E-state index contributed by atoms with van der Waals surface area (Å²) in [5, 5.41) is 17.3. The lowest BCUT2D eigenvalue weighted by molar-refractivity contribution is -0.111. The van der Waals surface area contributed by atoms with Crippen molar-refractivity contribution in [2.75, 3.05) is 44.5 Å². The molecule has 3 aromatic carbocycles. The number of fused-ring (bicyclic) bond motifs is 1. The van der Waals surface area contributed by atoms with E-state index >= 15 is 0 Å². The highest BCUT2D eigenvalue weighted by molar-refractivity contribution is 6.32. The highest BCUT2D eigenvalue weighted by Crippen LogP contribution is 2.38. The molecular weight excluding hydrogens is 614 g/mol. The van der Waals surface area contributed by atoms with E-state index < -0.39 is 0 Å². The Morgan fingerprint density at radius 2 is 1.94 bits per heavy atom. The number of amides is 1. The van der Waals surface area contributed by atoms with Crippen LogP contribution in [0.2, 0.25) is 5.02 Å². The van der Waals surface area contributed by atoms with Gasteiger partial charge in [0.1, 0.15) is 30.3 Å². The zero-order valence-electron chi connectivity index (χ0n) is 27.4. The summed E-state index contributed by atoms with van der Waals surface area (Å²) in [6.07, 6.45) is 5.38. The molecule has 0 radical (unpaired) electrons. The van der Waals surface area contributed by atoms with E-state index in [1.165, 1.54) is 17.8 Å². The Hall–Kier alpha value is -4.62. The van der Waals surface area contributed by atoms with Crippen molar-refractivity contribution in [3.05, 3.63) is 94.7 Å². The molecule has 1 atom stereocenters. The zero-order valence-corrected chi connectivity index (χ0v) is 28.1. The average molecular weight is 654 g/mol. The number of hydrogen-bond acceptors (Lipinski definition) is 8. The molecule has 0 aliphatic carbocycles. The number of carbonyl (C=O) groups is 1. The number of anilines is 3. The maximum absolute atomic E-state index is 12.9. The number of ether oxygens (including phenoxy) is 3. The number of carbonyl (C=O) groups excluding carboxylic acids is 1. The normalized spacial score (nSPS) is 14.8. The fourth-order valence-corrected chi connectivity index (χ4v) is 5.30. The Morgan fingerprint density at radius 1 is 1.15 bits per heavy atom. The first-order valence-corrected chi connectivity index (χ1v) is 15.9. The van der Waals surface area contributed by atoms with Crippen LogP contribution in [0.1, 0.15) is 43.9 Å². The minimum atomic E-state index is -0.301. The molecule has 0 unspecified atom stereocenters. The number of nitrogens with one attached hydrogen (secondary N) is 2. The van der Waals surface area contributed by atoms with Gasteiger partial charge in [0.15, 0.2) is 0 Å². The lowest BCUT2D eigenvalue weighted by atomic mass is 9.87. The number of pyridine rings is 1. The van der Waals surface area contributed by atoms with Gasteiger partial charge in [-0.15, -0.1) is 0 Å². The first-order chi connectivity index (χ1) is 22.5. The lowest BCUT2D eigenvalue weighted by Gasteiger charge is -2.19. The minimum Gasteiger partial charge on any atom is -0.487 e. The molecule has 1 aliphatic heterocycles. The number of benzene rings is 3. The van der Waals surface area contributed by atoms with Gasteiger partial charge in [-0.3, -0.25) is 9.78 Å². The van der Waals surface area contributed by atoms with Crippen LogP contribution in [0, 0.1) is 11.3 Å².